The Morgan fingerprint density at radius 3 is 2.40 bits per heavy atom. The SMILES string of the molecule is CCS(=O)(=O)N(CC(=O)NC(C)(C)Cc1ccccc1)c1ccc2c(c1)OCCO2. The van der Waals surface area contributed by atoms with Crippen LogP contribution in [0.2, 0.25) is 0 Å². The molecular formula is C22H28N2O5S. The lowest BCUT2D eigenvalue weighted by atomic mass is 9.95. The molecule has 30 heavy (non-hydrogen) atoms. The Balaban J connectivity index is 1.77. The van der Waals surface area contributed by atoms with Crippen molar-refractivity contribution in [2.24, 2.45) is 0 Å². The summed E-state index contributed by atoms with van der Waals surface area (Å²) in [6.07, 6.45) is 0.629. The molecule has 1 aliphatic heterocycles. The highest BCUT2D eigenvalue weighted by Gasteiger charge is 2.28. The molecule has 1 N–H and O–H groups in total. The summed E-state index contributed by atoms with van der Waals surface area (Å²) in [6.45, 7) is 5.92. The Hall–Kier alpha value is -2.74. The van der Waals surface area contributed by atoms with Crippen LogP contribution in [0.25, 0.3) is 0 Å². The summed E-state index contributed by atoms with van der Waals surface area (Å²) in [5, 5.41) is 2.96. The fraction of sp³-hybridized carbons (Fsp3) is 0.409. The largest absolute Gasteiger partial charge is 0.486 e. The van der Waals surface area contributed by atoms with E-state index < -0.39 is 15.6 Å². The fourth-order valence-corrected chi connectivity index (χ4v) is 4.45. The van der Waals surface area contributed by atoms with Gasteiger partial charge in [0.2, 0.25) is 15.9 Å². The molecule has 0 unspecified atom stereocenters. The lowest BCUT2D eigenvalue weighted by Crippen LogP contribution is -2.50. The van der Waals surface area contributed by atoms with Gasteiger partial charge in [0.1, 0.15) is 19.8 Å². The molecule has 0 saturated heterocycles. The molecule has 0 aliphatic carbocycles. The normalized spacial score (nSPS) is 13.6. The average molecular weight is 433 g/mol. The van der Waals surface area contributed by atoms with Crippen molar-refractivity contribution in [3.8, 4) is 11.5 Å². The zero-order valence-electron chi connectivity index (χ0n) is 17.6. The number of nitrogens with zero attached hydrogens (tertiary/aromatic N) is 1. The molecule has 0 bridgehead atoms. The lowest BCUT2D eigenvalue weighted by Gasteiger charge is -2.30. The van der Waals surface area contributed by atoms with Crippen molar-refractivity contribution in [2.75, 3.05) is 29.8 Å². The Kier molecular flexibility index (Phi) is 6.55. The van der Waals surface area contributed by atoms with Gasteiger partial charge in [-0.1, -0.05) is 30.3 Å². The smallest absolute Gasteiger partial charge is 0.241 e. The van der Waals surface area contributed by atoms with Crippen molar-refractivity contribution in [1.82, 2.24) is 5.32 Å². The molecular weight excluding hydrogens is 404 g/mol. The van der Waals surface area contributed by atoms with E-state index in [1.165, 1.54) is 0 Å². The lowest BCUT2D eigenvalue weighted by molar-refractivity contribution is -0.121. The molecule has 8 heteroatoms. The van der Waals surface area contributed by atoms with E-state index in [-0.39, 0.29) is 18.2 Å². The number of sulfonamides is 1. The monoisotopic (exact) mass is 432 g/mol. The number of benzene rings is 2. The molecule has 0 aromatic heterocycles. The van der Waals surface area contributed by atoms with E-state index in [1.54, 1.807) is 25.1 Å². The summed E-state index contributed by atoms with van der Waals surface area (Å²) in [5.41, 5.74) is 0.928. The van der Waals surface area contributed by atoms with Crippen LogP contribution in [0.1, 0.15) is 26.3 Å². The van der Waals surface area contributed by atoms with Gasteiger partial charge in [-0.2, -0.15) is 0 Å². The Morgan fingerprint density at radius 2 is 1.73 bits per heavy atom. The van der Waals surface area contributed by atoms with Gasteiger partial charge in [-0.3, -0.25) is 9.10 Å². The molecule has 0 fully saturated rings. The quantitative estimate of drug-likeness (QED) is 0.693. The molecule has 3 rings (SSSR count). The maximum Gasteiger partial charge on any atom is 0.241 e. The van der Waals surface area contributed by atoms with E-state index in [0.29, 0.717) is 36.8 Å². The number of carbonyl (C=O) groups excluding carboxylic acids is 1. The first kappa shape index (κ1) is 22.0. The van der Waals surface area contributed by atoms with E-state index in [0.717, 1.165) is 9.87 Å². The molecule has 0 spiro atoms. The van der Waals surface area contributed by atoms with E-state index in [4.69, 9.17) is 9.47 Å². The fourth-order valence-electron chi connectivity index (χ4n) is 3.39. The maximum atomic E-state index is 12.8. The number of amides is 1. The van der Waals surface area contributed by atoms with Gasteiger partial charge in [-0.05, 0) is 44.9 Å². The van der Waals surface area contributed by atoms with Gasteiger partial charge < -0.3 is 14.8 Å². The van der Waals surface area contributed by atoms with E-state index in [9.17, 15) is 13.2 Å². The predicted octanol–water partition coefficient (Wildman–Crippen LogP) is 2.75. The Bertz CT molecular complexity index is 990. The Labute approximate surface area is 178 Å². The van der Waals surface area contributed by atoms with Crippen LogP contribution in [0, 0.1) is 0 Å². The van der Waals surface area contributed by atoms with Gasteiger partial charge in [-0.25, -0.2) is 8.42 Å². The van der Waals surface area contributed by atoms with Crippen molar-refractivity contribution in [1.29, 1.82) is 0 Å². The number of hydrogen-bond donors (Lipinski definition) is 1. The minimum atomic E-state index is -3.67. The summed E-state index contributed by atoms with van der Waals surface area (Å²) < 4.78 is 37.7. The van der Waals surface area contributed by atoms with Crippen molar-refractivity contribution >= 4 is 21.6 Å². The van der Waals surface area contributed by atoms with Crippen LogP contribution >= 0.6 is 0 Å². The third kappa shape index (κ3) is 5.44. The molecule has 1 amide bonds. The first-order valence-corrected chi connectivity index (χ1v) is 11.6. The highest BCUT2D eigenvalue weighted by Crippen LogP contribution is 2.34. The number of rotatable bonds is 8. The molecule has 2 aromatic rings. The molecule has 0 radical (unpaired) electrons. The zero-order valence-corrected chi connectivity index (χ0v) is 18.4. The minimum absolute atomic E-state index is 0.123. The van der Waals surface area contributed by atoms with Crippen LogP contribution < -0.4 is 19.1 Å². The standard InChI is InChI=1S/C22H28N2O5S/c1-4-30(26,27)24(18-10-11-19-20(14-18)29-13-12-28-19)16-21(25)23-22(2,3)15-17-8-6-5-7-9-17/h5-11,14H,4,12-13,15-16H2,1-3H3,(H,23,25). The second kappa shape index (κ2) is 8.95. The maximum absolute atomic E-state index is 12.8. The molecule has 1 aliphatic rings. The average Bonchev–Trinajstić information content (AvgIpc) is 2.71. The van der Waals surface area contributed by atoms with Crippen LogP contribution in [-0.2, 0) is 21.2 Å². The third-order valence-electron chi connectivity index (χ3n) is 4.77. The summed E-state index contributed by atoms with van der Waals surface area (Å²) in [7, 11) is -3.67. The number of ether oxygens (including phenoxy) is 2. The molecule has 0 saturated carbocycles. The molecule has 2 aromatic carbocycles. The first-order valence-electron chi connectivity index (χ1n) is 9.95. The second-order valence-corrected chi connectivity index (χ2v) is 10.0. The minimum Gasteiger partial charge on any atom is -0.486 e. The van der Waals surface area contributed by atoms with Crippen LogP contribution in [-0.4, -0.2) is 45.4 Å². The topological polar surface area (TPSA) is 84.9 Å². The van der Waals surface area contributed by atoms with Gasteiger partial charge >= 0.3 is 0 Å². The van der Waals surface area contributed by atoms with Crippen LogP contribution in [0.3, 0.4) is 0 Å². The van der Waals surface area contributed by atoms with Crippen molar-refractivity contribution in [2.45, 2.75) is 32.7 Å². The highest BCUT2D eigenvalue weighted by atomic mass is 32.2. The number of hydrogen-bond acceptors (Lipinski definition) is 5. The summed E-state index contributed by atoms with van der Waals surface area (Å²) in [6, 6.07) is 14.7. The first-order chi connectivity index (χ1) is 14.2. The van der Waals surface area contributed by atoms with E-state index in [1.807, 2.05) is 44.2 Å². The third-order valence-corrected chi connectivity index (χ3v) is 6.51. The number of fused-ring (bicyclic) bond motifs is 1. The predicted molar refractivity (Wildman–Crippen MR) is 117 cm³/mol. The van der Waals surface area contributed by atoms with Crippen LogP contribution in [0.5, 0.6) is 11.5 Å². The van der Waals surface area contributed by atoms with Crippen LogP contribution in [0.4, 0.5) is 5.69 Å². The van der Waals surface area contributed by atoms with Crippen molar-refractivity contribution < 1.29 is 22.7 Å². The number of nitrogens with one attached hydrogen (secondary N) is 1. The van der Waals surface area contributed by atoms with E-state index >= 15 is 0 Å². The van der Waals surface area contributed by atoms with Gasteiger partial charge in [0, 0.05) is 11.6 Å². The molecule has 162 valence electrons. The second-order valence-electron chi connectivity index (χ2n) is 7.83. The Morgan fingerprint density at radius 1 is 1.07 bits per heavy atom. The summed E-state index contributed by atoms with van der Waals surface area (Å²) in [4.78, 5) is 12.8. The van der Waals surface area contributed by atoms with E-state index in [2.05, 4.69) is 5.32 Å². The molecule has 7 nitrogen and oxygen atoms in total. The molecule has 0 atom stereocenters. The van der Waals surface area contributed by atoms with Crippen molar-refractivity contribution in [3.05, 3.63) is 54.1 Å². The van der Waals surface area contributed by atoms with Gasteiger partial charge in [0.15, 0.2) is 11.5 Å². The van der Waals surface area contributed by atoms with Gasteiger partial charge in [0.05, 0.1) is 11.4 Å². The van der Waals surface area contributed by atoms with Crippen molar-refractivity contribution in [3.63, 3.8) is 0 Å². The number of anilines is 1. The van der Waals surface area contributed by atoms with Gasteiger partial charge in [0.25, 0.3) is 0 Å². The summed E-state index contributed by atoms with van der Waals surface area (Å²) >= 11 is 0. The zero-order chi connectivity index (χ0) is 21.8. The molecule has 1 heterocycles. The highest BCUT2D eigenvalue weighted by molar-refractivity contribution is 7.92. The van der Waals surface area contributed by atoms with Crippen LogP contribution in [0.15, 0.2) is 48.5 Å². The number of carbonyl (C=O) groups is 1. The van der Waals surface area contributed by atoms with Gasteiger partial charge in [-0.15, -0.1) is 0 Å². The summed E-state index contributed by atoms with van der Waals surface area (Å²) in [5.74, 6) is 0.539.